The summed E-state index contributed by atoms with van der Waals surface area (Å²) < 4.78 is 5.56. The fourth-order valence-electron chi connectivity index (χ4n) is 4.44. The van der Waals surface area contributed by atoms with Crippen LogP contribution in [0.15, 0.2) is 60.7 Å². The number of anilines is 1. The first-order valence-electron chi connectivity index (χ1n) is 9.92. The Bertz CT molecular complexity index is 816. The molecule has 146 valence electrons. The minimum Gasteiger partial charge on any atom is -0.381 e. The molecule has 2 aromatic carbocycles. The van der Waals surface area contributed by atoms with Crippen molar-refractivity contribution >= 4 is 17.5 Å². The lowest BCUT2D eigenvalue weighted by Gasteiger charge is -2.37. The van der Waals surface area contributed by atoms with Crippen LogP contribution in [-0.2, 0) is 20.7 Å². The zero-order valence-corrected chi connectivity index (χ0v) is 16.0. The Balaban J connectivity index is 1.50. The number of nitrogens with one attached hydrogen (secondary N) is 1. The number of likely N-dealkylation sites (tertiary alicyclic amines) is 1. The molecule has 2 saturated heterocycles. The van der Waals surface area contributed by atoms with Crippen LogP contribution in [0.25, 0.3) is 0 Å². The highest BCUT2D eigenvalue weighted by molar-refractivity contribution is 5.94. The number of carbonyl (C=O) groups excluding carboxylic acids is 2. The molecule has 5 nitrogen and oxygen atoms in total. The molecule has 1 unspecified atom stereocenters. The first-order chi connectivity index (χ1) is 13.7. The van der Waals surface area contributed by atoms with E-state index in [2.05, 4.69) is 5.32 Å². The fraction of sp³-hybridized carbons (Fsp3) is 0.391. The Hall–Kier alpha value is -2.66. The number of rotatable bonds is 4. The lowest BCUT2D eigenvalue weighted by molar-refractivity contribution is -0.130. The normalized spacial score (nSPS) is 20.9. The highest BCUT2D eigenvalue weighted by Gasteiger charge is 2.51. The Morgan fingerprint density at radius 3 is 2.32 bits per heavy atom. The summed E-state index contributed by atoms with van der Waals surface area (Å²) in [6.07, 6.45) is 2.00. The number of hydrogen-bond donors (Lipinski definition) is 1. The maximum atomic E-state index is 13.1. The second-order valence-electron chi connectivity index (χ2n) is 7.82. The van der Waals surface area contributed by atoms with Gasteiger partial charge in [0.05, 0.1) is 12.3 Å². The number of ether oxygens (including phenoxy) is 1. The van der Waals surface area contributed by atoms with Gasteiger partial charge in [-0.25, -0.2) is 0 Å². The predicted octanol–water partition coefficient (Wildman–Crippen LogP) is 3.12. The maximum Gasteiger partial charge on any atom is 0.229 e. The molecule has 2 aromatic rings. The third-order valence-electron chi connectivity index (χ3n) is 6.05. The van der Waals surface area contributed by atoms with Gasteiger partial charge in [0.1, 0.15) is 0 Å². The van der Waals surface area contributed by atoms with Gasteiger partial charge in [0.2, 0.25) is 11.8 Å². The summed E-state index contributed by atoms with van der Waals surface area (Å²) >= 11 is 0. The maximum absolute atomic E-state index is 13.1. The van der Waals surface area contributed by atoms with Gasteiger partial charge in [-0.1, -0.05) is 48.5 Å². The first kappa shape index (κ1) is 18.7. The van der Waals surface area contributed by atoms with Gasteiger partial charge in [0, 0.05) is 37.4 Å². The van der Waals surface area contributed by atoms with E-state index >= 15 is 0 Å². The lowest BCUT2D eigenvalue weighted by Crippen LogP contribution is -2.42. The average molecular weight is 378 g/mol. The van der Waals surface area contributed by atoms with Crippen LogP contribution in [0, 0.1) is 11.3 Å². The van der Waals surface area contributed by atoms with Gasteiger partial charge >= 0.3 is 0 Å². The molecule has 2 fully saturated rings. The third kappa shape index (κ3) is 3.94. The summed E-state index contributed by atoms with van der Waals surface area (Å²) in [7, 11) is 0. The quantitative estimate of drug-likeness (QED) is 0.889. The number of hydrogen-bond acceptors (Lipinski definition) is 3. The first-order valence-corrected chi connectivity index (χ1v) is 9.92. The van der Waals surface area contributed by atoms with Crippen LogP contribution in [0.2, 0.25) is 0 Å². The van der Waals surface area contributed by atoms with E-state index in [9.17, 15) is 9.59 Å². The van der Waals surface area contributed by atoms with Gasteiger partial charge in [0.25, 0.3) is 0 Å². The zero-order chi connectivity index (χ0) is 19.4. The van der Waals surface area contributed by atoms with Gasteiger partial charge in [-0.15, -0.1) is 0 Å². The molecule has 0 saturated carbocycles. The van der Waals surface area contributed by atoms with E-state index in [-0.39, 0.29) is 23.1 Å². The molecular formula is C23H26N2O3. The number of amides is 2. The molecule has 0 radical (unpaired) electrons. The molecule has 2 heterocycles. The van der Waals surface area contributed by atoms with Gasteiger partial charge in [0.15, 0.2) is 0 Å². The summed E-state index contributed by atoms with van der Waals surface area (Å²) in [5, 5.41) is 3.05. The van der Waals surface area contributed by atoms with Crippen molar-refractivity contribution in [3.8, 4) is 0 Å². The van der Waals surface area contributed by atoms with Crippen molar-refractivity contribution in [1.82, 2.24) is 4.90 Å². The molecule has 0 bridgehead atoms. The highest BCUT2D eigenvalue weighted by atomic mass is 16.5. The Labute approximate surface area is 165 Å². The lowest BCUT2D eigenvalue weighted by atomic mass is 9.71. The Kier molecular flexibility index (Phi) is 5.44. The van der Waals surface area contributed by atoms with E-state index in [0.717, 1.165) is 24.1 Å². The smallest absolute Gasteiger partial charge is 0.229 e. The van der Waals surface area contributed by atoms with Gasteiger partial charge in [-0.05, 0) is 30.5 Å². The Morgan fingerprint density at radius 2 is 1.64 bits per heavy atom. The molecule has 0 aromatic heterocycles. The molecule has 0 aliphatic carbocycles. The van der Waals surface area contributed by atoms with Gasteiger partial charge < -0.3 is 15.0 Å². The zero-order valence-electron chi connectivity index (χ0n) is 16.0. The molecule has 1 atom stereocenters. The topological polar surface area (TPSA) is 58.6 Å². The SMILES string of the molecule is O=C(Nc1ccccc1)C1CN(C(=O)Cc2ccccc2)CC12CCOCC2. The van der Waals surface area contributed by atoms with E-state index in [1.54, 1.807) is 0 Å². The minimum absolute atomic E-state index is 0.00288. The van der Waals surface area contributed by atoms with Crippen molar-refractivity contribution in [1.29, 1.82) is 0 Å². The third-order valence-corrected chi connectivity index (χ3v) is 6.05. The molecule has 28 heavy (non-hydrogen) atoms. The van der Waals surface area contributed by atoms with Crippen molar-refractivity contribution in [3.63, 3.8) is 0 Å². The van der Waals surface area contributed by atoms with Crippen LogP contribution >= 0.6 is 0 Å². The molecule has 2 amide bonds. The molecule has 2 aliphatic heterocycles. The van der Waals surface area contributed by atoms with Crippen LogP contribution in [0.1, 0.15) is 18.4 Å². The fourth-order valence-corrected chi connectivity index (χ4v) is 4.44. The average Bonchev–Trinajstić information content (AvgIpc) is 3.09. The van der Waals surface area contributed by atoms with Crippen molar-refractivity contribution in [2.45, 2.75) is 19.3 Å². The number of para-hydroxylation sites is 1. The van der Waals surface area contributed by atoms with Gasteiger partial charge in [-0.2, -0.15) is 0 Å². The van der Waals surface area contributed by atoms with Crippen LogP contribution < -0.4 is 5.32 Å². The monoisotopic (exact) mass is 378 g/mol. The minimum atomic E-state index is -0.212. The molecule has 1 N–H and O–H groups in total. The van der Waals surface area contributed by atoms with Gasteiger partial charge in [-0.3, -0.25) is 9.59 Å². The molecule has 1 spiro atoms. The summed E-state index contributed by atoms with van der Waals surface area (Å²) in [4.78, 5) is 27.9. The summed E-state index contributed by atoms with van der Waals surface area (Å²) in [5.41, 5.74) is 1.61. The van der Waals surface area contributed by atoms with Crippen molar-refractivity contribution in [3.05, 3.63) is 66.2 Å². The summed E-state index contributed by atoms with van der Waals surface area (Å²) in [6, 6.07) is 19.3. The summed E-state index contributed by atoms with van der Waals surface area (Å²) in [6.45, 7) is 2.41. The van der Waals surface area contributed by atoms with E-state index in [1.807, 2.05) is 65.6 Å². The van der Waals surface area contributed by atoms with Crippen LogP contribution in [0.5, 0.6) is 0 Å². The molecular weight excluding hydrogens is 352 g/mol. The Morgan fingerprint density at radius 1 is 1.00 bits per heavy atom. The van der Waals surface area contributed by atoms with E-state index < -0.39 is 0 Å². The van der Waals surface area contributed by atoms with Crippen LogP contribution in [0.4, 0.5) is 5.69 Å². The second-order valence-corrected chi connectivity index (χ2v) is 7.82. The molecule has 4 rings (SSSR count). The van der Waals surface area contributed by atoms with Crippen molar-refractivity contribution in [2.75, 3.05) is 31.6 Å². The van der Waals surface area contributed by atoms with Crippen molar-refractivity contribution in [2.24, 2.45) is 11.3 Å². The predicted molar refractivity (Wildman–Crippen MR) is 108 cm³/mol. The number of carbonyl (C=O) groups is 2. The number of benzene rings is 2. The van der Waals surface area contributed by atoms with Crippen LogP contribution in [-0.4, -0.2) is 43.0 Å². The standard InChI is InChI=1S/C23H26N2O3/c26-21(15-18-7-3-1-4-8-18)25-16-20(23(17-25)11-13-28-14-12-23)22(27)24-19-9-5-2-6-10-19/h1-10,20H,11-17H2,(H,24,27). The second kappa shape index (κ2) is 8.15. The molecule has 2 aliphatic rings. The number of nitrogens with zero attached hydrogens (tertiary/aromatic N) is 1. The van der Waals surface area contributed by atoms with E-state index in [4.69, 9.17) is 4.74 Å². The van der Waals surface area contributed by atoms with E-state index in [1.165, 1.54) is 0 Å². The van der Waals surface area contributed by atoms with Crippen molar-refractivity contribution < 1.29 is 14.3 Å². The van der Waals surface area contributed by atoms with Crippen LogP contribution in [0.3, 0.4) is 0 Å². The van der Waals surface area contributed by atoms with E-state index in [0.29, 0.717) is 32.7 Å². The largest absolute Gasteiger partial charge is 0.381 e. The summed E-state index contributed by atoms with van der Waals surface area (Å²) in [5.74, 6) is -0.119. The highest BCUT2D eigenvalue weighted by Crippen LogP contribution is 2.45. The molecule has 5 heteroatoms.